The number of para-hydroxylation sites is 1. The first-order chi connectivity index (χ1) is 9.04. The van der Waals surface area contributed by atoms with Gasteiger partial charge in [-0.3, -0.25) is 0 Å². The van der Waals surface area contributed by atoms with Gasteiger partial charge in [-0.05, 0) is 38.3 Å². The van der Waals surface area contributed by atoms with Gasteiger partial charge in [0.15, 0.2) is 0 Å². The second-order valence-electron chi connectivity index (χ2n) is 5.28. The minimum atomic E-state index is -0.143. The molecule has 0 aliphatic carbocycles. The number of hydroxylamine groups is 2. The third kappa shape index (κ3) is 2.73. The largest absolute Gasteiger partial charge is 0.399 e. The maximum Gasteiger partial charge on any atom is 0.330 e. The summed E-state index contributed by atoms with van der Waals surface area (Å²) in [6.45, 7) is 6.21. The van der Waals surface area contributed by atoms with Crippen molar-refractivity contribution in [1.82, 2.24) is 5.06 Å². The summed E-state index contributed by atoms with van der Waals surface area (Å²) < 4.78 is 0. The molecule has 1 aromatic carbocycles. The Balaban J connectivity index is 2.13. The highest BCUT2D eigenvalue weighted by Crippen LogP contribution is 2.29. The van der Waals surface area contributed by atoms with Gasteiger partial charge < -0.3 is 10.6 Å². The summed E-state index contributed by atoms with van der Waals surface area (Å²) in [5, 5.41) is 1.83. The summed E-state index contributed by atoms with van der Waals surface area (Å²) in [5.41, 5.74) is 7.70. The van der Waals surface area contributed by atoms with Gasteiger partial charge in [0, 0.05) is 11.7 Å². The highest BCUT2D eigenvalue weighted by Gasteiger charge is 2.42. The minimum Gasteiger partial charge on any atom is -0.399 e. The lowest BCUT2D eigenvalue weighted by molar-refractivity contribution is -0.184. The smallest absolute Gasteiger partial charge is 0.330 e. The quantitative estimate of drug-likeness (QED) is 0.846. The molecule has 1 saturated heterocycles. The molecule has 2 rings (SSSR count). The van der Waals surface area contributed by atoms with Crippen molar-refractivity contribution < 1.29 is 9.63 Å². The molecule has 1 heterocycles. The van der Waals surface area contributed by atoms with E-state index in [2.05, 4.69) is 13.8 Å². The van der Waals surface area contributed by atoms with Crippen LogP contribution in [0.15, 0.2) is 24.3 Å². The van der Waals surface area contributed by atoms with E-state index >= 15 is 0 Å². The molecule has 2 N–H and O–H groups in total. The van der Waals surface area contributed by atoms with Gasteiger partial charge in [0.1, 0.15) is 0 Å². The molecule has 3 unspecified atom stereocenters. The van der Waals surface area contributed by atoms with Crippen LogP contribution in [0.2, 0.25) is 0 Å². The zero-order valence-electron chi connectivity index (χ0n) is 11.8. The maximum absolute atomic E-state index is 12.0. The Morgan fingerprint density at radius 3 is 2.74 bits per heavy atom. The van der Waals surface area contributed by atoms with E-state index in [-0.39, 0.29) is 24.0 Å². The van der Waals surface area contributed by atoms with Gasteiger partial charge in [0.2, 0.25) is 0 Å². The van der Waals surface area contributed by atoms with Crippen LogP contribution in [0.4, 0.5) is 5.69 Å². The monoisotopic (exact) mass is 262 g/mol. The van der Waals surface area contributed by atoms with Crippen LogP contribution in [0, 0.1) is 5.92 Å². The van der Waals surface area contributed by atoms with E-state index in [1.54, 1.807) is 0 Å². The summed E-state index contributed by atoms with van der Waals surface area (Å²) >= 11 is 0. The van der Waals surface area contributed by atoms with Gasteiger partial charge >= 0.3 is 5.97 Å². The number of carbonyl (C=O) groups excluding carboxylic acids is 1. The molecular weight excluding hydrogens is 240 g/mol. The summed E-state index contributed by atoms with van der Waals surface area (Å²) in [5.74, 6) is -0.283. The fourth-order valence-corrected chi connectivity index (χ4v) is 2.51. The number of rotatable bonds is 4. The van der Waals surface area contributed by atoms with E-state index in [1.165, 1.54) is 0 Å². The topological polar surface area (TPSA) is 55.6 Å². The van der Waals surface area contributed by atoms with Crippen molar-refractivity contribution in [2.75, 3.05) is 5.73 Å². The standard InChI is InChI=1S/C15H22N2O2/c1-4-10(2)17-11(3)13(15(18)19-17)9-12-7-5-6-8-14(12)16/h5-8,10-11,13H,4,9,16H2,1-3H3. The van der Waals surface area contributed by atoms with Crippen LogP contribution in [0.25, 0.3) is 0 Å². The second kappa shape index (κ2) is 5.61. The van der Waals surface area contributed by atoms with Crippen LogP contribution in [-0.4, -0.2) is 23.1 Å². The Hall–Kier alpha value is -1.55. The SMILES string of the molecule is CCC(C)N1OC(=O)C(Cc2ccccc2N)C1C. The average Bonchev–Trinajstić information content (AvgIpc) is 2.68. The fraction of sp³-hybridized carbons (Fsp3) is 0.533. The summed E-state index contributed by atoms with van der Waals surface area (Å²) in [6, 6.07) is 8.02. The van der Waals surface area contributed by atoms with Crippen molar-refractivity contribution >= 4 is 11.7 Å². The van der Waals surface area contributed by atoms with Crippen molar-refractivity contribution in [3.63, 3.8) is 0 Å². The van der Waals surface area contributed by atoms with Crippen LogP contribution in [0.3, 0.4) is 0 Å². The molecule has 0 bridgehead atoms. The Bertz CT molecular complexity index is 461. The maximum atomic E-state index is 12.0. The van der Waals surface area contributed by atoms with Crippen molar-refractivity contribution in [2.45, 2.75) is 45.7 Å². The number of nitrogen functional groups attached to an aromatic ring is 1. The molecule has 1 aliphatic rings. The van der Waals surface area contributed by atoms with Gasteiger partial charge in [-0.15, -0.1) is 5.06 Å². The number of nitrogens with two attached hydrogens (primary N) is 1. The van der Waals surface area contributed by atoms with E-state index in [0.29, 0.717) is 6.42 Å². The Kier molecular flexibility index (Phi) is 4.10. The minimum absolute atomic E-state index is 0.0852. The molecule has 1 aromatic rings. The molecule has 19 heavy (non-hydrogen) atoms. The highest BCUT2D eigenvalue weighted by atomic mass is 16.7. The van der Waals surface area contributed by atoms with Gasteiger partial charge in [0.25, 0.3) is 0 Å². The predicted molar refractivity (Wildman–Crippen MR) is 75.2 cm³/mol. The Morgan fingerprint density at radius 2 is 2.11 bits per heavy atom. The van der Waals surface area contributed by atoms with Gasteiger partial charge in [-0.25, -0.2) is 4.79 Å². The fourth-order valence-electron chi connectivity index (χ4n) is 2.51. The second-order valence-corrected chi connectivity index (χ2v) is 5.28. The Labute approximate surface area is 114 Å². The normalized spacial score (nSPS) is 25.3. The molecule has 0 radical (unpaired) electrons. The summed E-state index contributed by atoms with van der Waals surface area (Å²) in [4.78, 5) is 17.4. The van der Waals surface area contributed by atoms with Crippen molar-refractivity contribution in [3.05, 3.63) is 29.8 Å². The molecule has 3 atom stereocenters. The predicted octanol–water partition coefficient (Wildman–Crippen LogP) is 2.39. The first-order valence-corrected chi connectivity index (χ1v) is 6.88. The molecule has 4 heteroatoms. The lowest BCUT2D eigenvalue weighted by Gasteiger charge is -2.25. The first kappa shape index (κ1) is 13.9. The van der Waals surface area contributed by atoms with Gasteiger partial charge in [0.05, 0.1) is 12.0 Å². The summed E-state index contributed by atoms with van der Waals surface area (Å²) in [6.07, 6.45) is 1.59. The average molecular weight is 262 g/mol. The molecule has 0 aromatic heterocycles. The first-order valence-electron chi connectivity index (χ1n) is 6.88. The summed E-state index contributed by atoms with van der Waals surface area (Å²) in [7, 11) is 0. The van der Waals surface area contributed by atoms with E-state index in [4.69, 9.17) is 10.6 Å². The number of hydrogen-bond acceptors (Lipinski definition) is 4. The van der Waals surface area contributed by atoms with E-state index < -0.39 is 0 Å². The molecule has 1 fully saturated rings. The van der Waals surface area contributed by atoms with Crippen molar-refractivity contribution in [3.8, 4) is 0 Å². The molecule has 104 valence electrons. The zero-order chi connectivity index (χ0) is 14.0. The molecule has 0 saturated carbocycles. The molecule has 0 amide bonds. The Morgan fingerprint density at radius 1 is 1.42 bits per heavy atom. The van der Waals surface area contributed by atoms with Crippen LogP contribution in [-0.2, 0) is 16.1 Å². The molecular formula is C15H22N2O2. The lowest BCUT2D eigenvalue weighted by Crippen LogP contribution is -2.36. The molecule has 0 spiro atoms. The van der Waals surface area contributed by atoms with Crippen LogP contribution in [0.1, 0.15) is 32.8 Å². The lowest BCUT2D eigenvalue weighted by atomic mass is 9.92. The number of anilines is 1. The number of nitrogens with zero attached hydrogens (tertiary/aromatic N) is 1. The van der Waals surface area contributed by atoms with Crippen LogP contribution >= 0.6 is 0 Å². The highest BCUT2D eigenvalue weighted by molar-refractivity contribution is 5.75. The van der Waals surface area contributed by atoms with Gasteiger partial charge in [-0.1, -0.05) is 25.1 Å². The van der Waals surface area contributed by atoms with E-state index in [9.17, 15) is 4.79 Å². The zero-order valence-corrected chi connectivity index (χ0v) is 11.8. The third-order valence-corrected chi connectivity index (χ3v) is 4.00. The number of carbonyl (C=O) groups is 1. The van der Waals surface area contributed by atoms with Crippen LogP contribution in [0.5, 0.6) is 0 Å². The van der Waals surface area contributed by atoms with E-state index in [1.807, 2.05) is 36.3 Å². The molecule has 1 aliphatic heterocycles. The molecule has 4 nitrogen and oxygen atoms in total. The van der Waals surface area contributed by atoms with Gasteiger partial charge in [-0.2, -0.15) is 0 Å². The van der Waals surface area contributed by atoms with Crippen molar-refractivity contribution in [1.29, 1.82) is 0 Å². The number of benzene rings is 1. The van der Waals surface area contributed by atoms with E-state index in [0.717, 1.165) is 17.7 Å². The van der Waals surface area contributed by atoms with Crippen molar-refractivity contribution in [2.24, 2.45) is 5.92 Å². The number of hydrogen-bond donors (Lipinski definition) is 1. The van der Waals surface area contributed by atoms with Crippen LogP contribution < -0.4 is 5.73 Å². The third-order valence-electron chi connectivity index (χ3n) is 4.00.